The molecular weight excluding hydrogens is 402 g/mol. The molecule has 0 bridgehead atoms. The average molecular weight is 430 g/mol. The summed E-state index contributed by atoms with van der Waals surface area (Å²) in [7, 11) is 1.30. The van der Waals surface area contributed by atoms with Crippen LogP contribution in [0.15, 0.2) is 60.8 Å². The fourth-order valence-electron chi connectivity index (χ4n) is 4.21. The minimum Gasteiger partial charge on any atom is -0.464 e. The number of piperidine rings is 1. The summed E-state index contributed by atoms with van der Waals surface area (Å²) in [6, 6.07) is 20.6. The van der Waals surface area contributed by atoms with Crippen molar-refractivity contribution in [3.8, 4) is 11.8 Å². The third-order valence-electron chi connectivity index (χ3n) is 5.90. The van der Waals surface area contributed by atoms with Crippen LogP contribution in [0.2, 0.25) is 0 Å². The van der Waals surface area contributed by atoms with Crippen LogP contribution in [-0.4, -0.2) is 41.7 Å². The van der Waals surface area contributed by atoms with E-state index < -0.39 is 5.97 Å². The Hall–Kier alpha value is -3.76. The predicted octanol–water partition coefficient (Wildman–Crippen LogP) is 3.79. The average Bonchev–Trinajstić information content (AvgIpc) is 3.17. The van der Waals surface area contributed by atoms with E-state index in [0.29, 0.717) is 6.04 Å². The van der Waals surface area contributed by atoms with Crippen molar-refractivity contribution in [1.82, 2.24) is 9.47 Å². The summed E-state index contributed by atoms with van der Waals surface area (Å²) < 4.78 is 6.56. The Bertz CT molecular complexity index is 1120. The smallest absolute Gasteiger partial charge is 0.357 e. The zero-order valence-corrected chi connectivity index (χ0v) is 18.1. The van der Waals surface area contributed by atoms with Crippen molar-refractivity contribution in [1.29, 1.82) is 5.26 Å². The molecule has 4 rings (SSSR count). The van der Waals surface area contributed by atoms with Gasteiger partial charge in [-0.1, -0.05) is 42.5 Å². The van der Waals surface area contributed by atoms with Gasteiger partial charge in [0, 0.05) is 31.9 Å². The lowest BCUT2D eigenvalue weighted by Crippen LogP contribution is -2.38. The molecule has 0 saturated carbocycles. The van der Waals surface area contributed by atoms with Crippen molar-refractivity contribution in [3.63, 3.8) is 0 Å². The molecule has 3 aromatic rings. The van der Waals surface area contributed by atoms with Gasteiger partial charge in [-0.25, -0.2) is 4.79 Å². The molecular formula is C25H27N5O2. The number of para-hydroxylation sites is 2. The van der Waals surface area contributed by atoms with Crippen molar-refractivity contribution in [2.24, 2.45) is 0 Å². The number of nitrogens with zero attached hydrogens (tertiary/aromatic N) is 3. The third-order valence-corrected chi connectivity index (χ3v) is 5.90. The Morgan fingerprint density at radius 2 is 1.84 bits per heavy atom. The fourth-order valence-corrected chi connectivity index (χ4v) is 4.21. The van der Waals surface area contributed by atoms with Crippen LogP contribution in [0.1, 0.15) is 34.5 Å². The molecule has 1 aliphatic heterocycles. The number of hydrogen-bond acceptors (Lipinski definition) is 6. The Labute approximate surface area is 188 Å². The van der Waals surface area contributed by atoms with Gasteiger partial charge in [0.15, 0.2) is 5.69 Å². The maximum absolute atomic E-state index is 12.4. The van der Waals surface area contributed by atoms with E-state index in [2.05, 4.69) is 40.6 Å². The van der Waals surface area contributed by atoms with E-state index in [1.165, 1.54) is 12.7 Å². The second-order valence-corrected chi connectivity index (χ2v) is 7.98. The van der Waals surface area contributed by atoms with Crippen LogP contribution in [0.25, 0.3) is 5.69 Å². The largest absolute Gasteiger partial charge is 0.464 e. The molecule has 3 N–H and O–H groups in total. The first kappa shape index (κ1) is 21.5. The molecule has 164 valence electrons. The standard InChI is InChI=1S/C25H27N5O2/c1-32-25(31)24-23(27)19(15-26)17-30(24)22-10-6-5-9-21(22)28-20-11-13-29(14-12-20)16-18-7-3-2-4-8-18/h2-10,17,20,28H,11-14,16,27H2,1H3. The highest BCUT2D eigenvalue weighted by Gasteiger charge is 2.24. The Morgan fingerprint density at radius 3 is 2.53 bits per heavy atom. The number of ether oxygens (including phenoxy) is 1. The van der Waals surface area contributed by atoms with Gasteiger partial charge < -0.3 is 20.4 Å². The van der Waals surface area contributed by atoms with Crippen molar-refractivity contribution >= 4 is 17.3 Å². The highest BCUT2D eigenvalue weighted by atomic mass is 16.5. The first-order valence-corrected chi connectivity index (χ1v) is 10.7. The molecule has 0 aliphatic carbocycles. The number of nitrogens with one attached hydrogen (secondary N) is 1. The summed E-state index contributed by atoms with van der Waals surface area (Å²) in [4.78, 5) is 14.9. The lowest BCUT2D eigenvalue weighted by Gasteiger charge is -2.33. The quantitative estimate of drug-likeness (QED) is 0.579. The van der Waals surface area contributed by atoms with Crippen LogP contribution in [0.4, 0.5) is 11.4 Å². The molecule has 0 radical (unpaired) electrons. The number of anilines is 2. The molecule has 1 aromatic heterocycles. The number of nitrogen functional groups attached to an aromatic ring is 1. The van der Waals surface area contributed by atoms with Gasteiger partial charge in [-0.2, -0.15) is 5.26 Å². The van der Waals surface area contributed by atoms with Crippen molar-refractivity contribution in [2.75, 3.05) is 31.2 Å². The van der Waals surface area contributed by atoms with Gasteiger partial charge in [-0.15, -0.1) is 0 Å². The van der Waals surface area contributed by atoms with Gasteiger partial charge in [0.2, 0.25) is 0 Å². The second kappa shape index (κ2) is 9.58. The van der Waals surface area contributed by atoms with Gasteiger partial charge in [0.1, 0.15) is 6.07 Å². The SMILES string of the molecule is COC(=O)c1c(N)c(C#N)cn1-c1ccccc1NC1CCN(Cc2ccccc2)CC1. The van der Waals surface area contributed by atoms with E-state index in [9.17, 15) is 10.1 Å². The van der Waals surface area contributed by atoms with Gasteiger partial charge in [-0.05, 0) is 30.5 Å². The summed E-state index contributed by atoms with van der Waals surface area (Å²) in [5, 5.41) is 13.0. The number of carbonyl (C=O) groups excluding carboxylic acids is 1. The van der Waals surface area contributed by atoms with Gasteiger partial charge >= 0.3 is 5.97 Å². The molecule has 0 amide bonds. The molecule has 1 saturated heterocycles. The Kier molecular flexibility index (Phi) is 6.43. The molecule has 0 atom stereocenters. The number of carbonyl (C=O) groups is 1. The number of likely N-dealkylation sites (tertiary alicyclic amines) is 1. The predicted molar refractivity (Wildman–Crippen MR) is 125 cm³/mol. The normalized spacial score (nSPS) is 14.6. The maximum atomic E-state index is 12.4. The number of methoxy groups -OCH3 is 1. The van der Waals surface area contributed by atoms with E-state index in [-0.39, 0.29) is 16.9 Å². The van der Waals surface area contributed by atoms with E-state index in [4.69, 9.17) is 10.5 Å². The number of nitrogens with two attached hydrogens (primary N) is 1. The third kappa shape index (κ3) is 4.46. The van der Waals surface area contributed by atoms with Crippen molar-refractivity contribution < 1.29 is 9.53 Å². The summed E-state index contributed by atoms with van der Waals surface area (Å²) in [6.07, 6.45) is 3.62. The molecule has 32 heavy (non-hydrogen) atoms. The molecule has 7 heteroatoms. The summed E-state index contributed by atoms with van der Waals surface area (Å²) >= 11 is 0. The monoisotopic (exact) mass is 429 g/mol. The highest BCUT2D eigenvalue weighted by molar-refractivity contribution is 5.96. The summed E-state index contributed by atoms with van der Waals surface area (Å²) in [5.41, 5.74) is 9.58. The van der Waals surface area contributed by atoms with Crippen molar-refractivity contribution in [3.05, 3.63) is 77.6 Å². The molecule has 0 unspecified atom stereocenters. The molecule has 1 fully saturated rings. The minimum absolute atomic E-state index is 0.128. The number of benzene rings is 2. The number of aromatic nitrogens is 1. The Morgan fingerprint density at radius 1 is 1.16 bits per heavy atom. The highest BCUT2D eigenvalue weighted by Crippen LogP contribution is 2.30. The number of nitriles is 1. The summed E-state index contributed by atoms with van der Waals surface area (Å²) in [6.45, 7) is 2.99. The van der Waals surface area contributed by atoms with E-state index in [1.807, 2.05) is 30.3 Å². The van der Waals surface area contributed by atoms with E-state index in [1.54, 1.807) is 10.8 Å². The van der Waals surface area contributed by atoms with Gasteiger partial charge in [0.05, 0.1) is 29.7 Å². The zero-order chi connectivity index (χ0) is 22.5. The number of esters is 1. The van der Waals surface area contributed by atoms with Gasteiger partial charge in [0.25, 0.3) is 0 Å². The van der Waals surface area contributed by atoms with Crippen LogP contribution in [0.5, 0.6) is 0 Å². The first-order chi connectivity index (χ1) is 15.6. The molecule has 1 aliphatic rings. The molecule has 0 spiro atoms. The zero-order valence-electron chi connectivity index (χ0n) is 18.1. The van der Waals surface area contributed by atoms with Gasteiger partial charge in [-0.3, -0.25) is 4.90 Å². The summed E-state index contributed by atoms with van der Waals surface area (Å²) in [5.74, 6) is -0.576. The lowest BCUT2D eigenvalue weighted by atomic mass is 10.0. The van der Waals surface area contributed by atoms with Crippen LogP contribution >= 0.6 is 0 Å². The van der Waals surface area contributed by atoms with Crippen molar-refractivity contribution in [2.45, 2.75) is 25.4 Å². The molecule has 2 heterocycles. The Balaban J connectivity index is 1.51. The van der Waals surface area contributed by atoms with E-state index >= 15 is 0 Å². The molecule has 2 aromatic carbocycles. The maximum Gasteiger partial charge on any atom is 0.357 e. The van der Waals surface area contributed by atoms with Crippen LogP contribution < -0.4 is 11.1 Å². The number of rotatable bonds is 6. The van der Waals surface area contributed by atoms with Crippen LogP contribution in [0, 0.1) is 11.3 Å². The van der Waals surface area contributed by atoms with Crippen LogP contribution in [0.3, 0.4) is 0 Å². The molecule has 7 nitrogen and oxygen atoms in total. The topological polar surface area (TPSA) is 96.3 Å². The van der Waals surface area contributed by atoms with E-state index in [0.717, 1.165) is 43.9 Å². The minimum atomic E-state index is -0.576. The van der Waals surface area contributed by atoms with Crippen LogP contribution in [-0.2, 0) is 11.3 Å². The number of hydrogen-bond donors (Lipinski definition) is 2. The fraction of sp³-hybridized carbons (Fsp3) is 0.280. The first-order valence-electron chi connectivity index (χ1n) is 10.7. The lowest BCUT2D eigenvalue weighted by molar-refractivity contribution is 0.0593. The second-order valence-electron chi connectivity index (χ2n) is 7.98.